The molecule has 0 aromatic rings. The fourth-order valence-corrected chi connectivity index (χ4v) is 2.53. The lowest BCUT2D eigenvalue weighted by Crippen LogP contribution is -2.59. The Morgan fingerprint density at radius 2 is 2.38 bits per heavy atom. The van der Waals surface area contributed by atoms with Crippen molar-refractivity contribution in [2.75, 3.05) is 26.3 Å². The van der Waals surface area contributed by atoms with Crippen molar-refractivity contribution >= 4 is 5.97 Å². The summed E-state index contributed by atoms with van der Waals surface area (Å²) in [7, 11) is 0. The van der Waals surface area contributed by atoms with E-state index in [0.717, 1.165) is 0 Å². The van der Waals surface area contributed by atoms with E-state index in [0.29, 0.717) is 51.5 Å². The first-order valence-electron chi connectivity index (χ1n) is 7.60. The summed E-state index contributed by atoms with van der Waals surface area (Å²) in [5.74, 6) is 0.145. The van der Waals surface area contributed by atoms with E-state index in [1.54, 1.807) is 0 Å². The number of esters is 1. The van der Waals surface area contributed by atoms with Crippen LogP contribution in [-0.4, -0.2) is 43.9 Å². The SMILES string of the molecule is CCOC(=O)C1(NCCCN=[N+]=[N-])CCOC(C(C)C)C1. The minimum atomic E-state index is -0.681. The molecule has 2 unspecified atom stereocenters. The molecule has 1 rings (SSSR count). The predicted octanol–water partition coefficient (Wildman–Crippen LogP) is 2.41. The second kappa shape index (κ2) is 8.87. The van der Waals surface area contributed by atoms with Gasteiger partial charge in [0.05, 0.1) is 12.7 Å². The van der Waals surface area contributed by atoms with E-state index in [4.69, 9.17) is 15.0 Å². The number of nitrogens with zero attached hydrogens (tertiary/aromatic N) is 3. The standard InChI is InChI=1S/C14H26N4O3/c1-4-20-13(19)14(16-7-5-8-17-18-15)6-9-21-12(10-14)11(2)3/h11-12,16H,4-10H2,1-3H3. The number of carbonyl (C=O) groups is 1. The highest BCUT2D eigenvalue weighted by Gasteiger charge is 2.44. The molecular weight excluding hydrogens is 272 g/mol. The van der Waals surface area contributed by atoms with Crippen molar-refractivity contribution in [1.29, 1.82) is 0 Å². The summed E-state index contributed by atoms with van der Waals surface area (Å²) in [6, 6.07) is 0. The highest BCUT2D eigenvalue weighted by atomic mass is 16.5. The zero-order valence-electron chi connectivity index (χ0n) is 13.2. The van der Waals surface area contributed by atoms with Gasteiger partial charge < -0.3 is 14.8 Å². The molecular formula is C14H26N4O3. The van der Waals surface area contributed by atoms with Crippen molar-refractivity contribution in [2.24, 2.45) is 11.0 Å². The maximum Gasteiger partial charge on any atom is 0.326 e. The number of rotatable bonds is 8. The molecule has 1 saturated heterocycles. The Labute approximate surface area is 126 Å². The fourth-order valence-electron chi connectivity index (χ4n) is 2.53. The number of carbonyl (C=O) groups excluding carboxylic acids is 1. The average molecular weight is 298 g/mol. The Hall–Kier alpha value is -1.30. The molecule has 0 saturated carbocycles. The van der Waals surface area contributed by atoms with Gasteiger partial charge in [0.25, 0.3) is 0 Å². The molecule has 21 heavy (non-hydrogen) atoms. The molecule has 120 valence electrons. The Morgan fingerprint density at radius 3 is 3.00 bits per heavy atom. The lowest BCUT2D eigenvalue weighted by atomic mass is 9.83. The van der Waals surface area contributed by atoms with Crippen LogP contribution in [0, 0.1) is 5.92 Å². The zero-order chi connectivity index (χ0) is 15.7. The minimum absolute atomic E-state index is 0.0489. The molecule has 1 aliphatic heterocycles. The van der Waals surface area contributed by atoms with Gasteiger partial charge in [0.15, 0.2) is 0 Å². The van der Waals surface area contributed by atoms with Crippen molar-refractivity contribution in [3.8, 4) is 0 Å². The Morgan fingerprint density at radius 1 is 1.62 bits per heavy atom. The summed E-state index contributed by atoms with van der Waals surface area (Å²) in [4.78, 5) is 15.1. The topological polar surface area (TPSA) is 96.3 Å². The van der Waals surface area contributed by atoms with Crippen molar-refractivity contribution < 1.29 is 14.3 Å². The van der Waals surface area contributed by atoms with Gasteiger partial charge in [0.1, 0.15) is 5.54 Å². The van der Waals surface area contributed by atoms with Crippen LogP contribution in [0.2, 0.25) is 0 Å². The van der Waals surface area contributed by atoms with E-state index in [9.17, 15) is 4.79 Å². The number of nitrogens with one attached hydrogen (secondary N) is 1. The fraction of sp³-hybridized carbons (Fsp3) is 0.929. The lowest BCUT2D eigenvalue weighted by Gasteiger charge is -2.41. The van der Waals surface area contributed by atoms with Gasteiger partial charge in [-0.25, -0.2) is 0 Å². The van der Waals surface area contributed by atoms with E-state index in [1.807, 2.05) is 6.92 Å². The van der Waals surface area contributed by atoms with Crippen LogP contribution in [0.1, 0.15) is 40.0 Å². The van der Waals surface area contributed by atoms with Crippen molar-refractivity contribution in [1.82, 2.24) is 5.32 Å². The quantitative estimate of drug-likeness (QED) is 0.245. The van der Waals surface area contributed by atoms with E-state index >= 15 is 0 Å². The van der Waals surface area contributed by atoms with Gasteiger partial charge in [-0.3, -0.25) is 4.79 Å². The van der Waals surface area contributed by atoms with Crippen LogP contribution >= 0.6 is 0 Å². The summed E-state index contributed by atoms with van der Waals surface area (Å²) in [6.45, 7) is 7.95. The van der Waals surface area contributed by atoms with Crippen LogP contribution in [0.15, 0.2) is 5.11 Å². The van der Waals surface area contributed by atoms with Crippen LogP contribution in [0.5, 0.6) is 0 Å². The smallest absolute Gasteiger partial charge is 0.326 e. The number of hydrogen-bond acceptors (Lipinski definition) is 5. The third-order valence-electron chi connectivity index (χ3n) is 3.78. The molecule has 0 spiro atoms. The van der Waals surface area contributed by atoms with Crippen LogP contribution in [0.4, 0.5) is 0 Å². The predicted molar refractivity (Wildman–Crippen MR) is 79.8 cm³/mol. The van der Waals surface area contributed by atoms with Gasteiger partial charge in [-0.1, -0.05) is 19.0 Å². The first-order valence-corrected chi connectivity index (χ1v) is 7.60. The summed E-state index contributed by atoms with van der Waals surface area (Å²) in [5.41, 5.74) is 7.59. The van der Waals surface area contributed by atoms with Crippen molar-refractivity contribution in [2.45, 2.75) is 51.7 Å². The summed E-state index contributed by atoms with van der Waals surface area (Å²) in [5, 5.41) is 6.83. The van der Waals surface area contributed by atoms with Crippen molar-refractivity contribution in [3.05, 3.63) is 10.4 Å². The molecule has 0 amide bonds. The summed E-state index contributed by atoms with van der Waals surface area (Å²) >= 11 is 0. The summed E-state index contributed by atoms with van der Waals surface area (Å²) < 4.78 is 11.0. The van der Waals surface area contributed by atoms with Crippen LogP contribution in [-0.2, 0) is 14.3 Å². The Kier molecular flexibility index (Phi) is 7.50. The molecule has 1 aliphatic rings. The van der Waals surface area contributed by atoms with Crippen molar-refractivity contribution in [3.63, 3.8) is 0 Å². The molecule has 2 atom stereocenters. The molecule has 0 aliphatic carbocycles. The lowest BCUT2D eigenvalue weighted by molar-refractivity contribution is -0.159. The monoisotopic (exact) mass is 298 g/mol. The largest absolute Gasteiger partial charge is 0.465 e. The molecule has 0 bridgehead atoms. The van der Waals surface area contributed by atoms with Gasteiger partial charge in [-0.15, -0.1) is 0 Å². The summed E-state index contributed by atoms with van der Waals surface area (Å²) in [6.07, 6.45) is 1.97. The third kappa shape index (κ3) is 5.19. The van der Waals surface area contributed by atoms with E-state index in [-0.39, 0.29) is 12.1 Å². The first kappa shape index (κ1) is 17.8. The van der Waals surface area contributed by atoms with Crippen LogP contribution < -0.4 is 5.32 Å². The molecule has 0 aromatic heterocycles. The Bertz CT molecular complexity index is 382. The molecule has 0 aromatic carbocycles. The average Bonchev–Trinajstić information content (AvgIpc) is 2.47. The van der Waals surface area contributed by atoms with Crippen LogP contribution in [0.3, 0.4) is 0 Å². The van der Waals surface area contributed by atoms with E-state index in [1.165, 1.54) is 0 Å². The molecule has 1 N–H and O–H groups in total. The maximum atomic E-state index is 12.4. The zero-order valence-corrected chi connectivity index (χ0v) is 13.2. The molecule has 1 fully saturated rings. The second-order valence-corrected chi connectivity index (χ2v) is 5.64. The highest BCUT2D eigenvalue weighted by Crippen LogP contribution is 2.30. The van der Waals surface area contributed by atoms with Gasteiger partial charge in [0.2, 0.25) is 0 Å². The Balaban J connectivity index is 2.70. The third-order valence-corrected chi connectivity index (χ3v) is 3.78. The first-order chi connectivity index (χ1) is 10.1. The molecule has 0 radical (unpaired) electrons. The number of azide groups is 1. The highest BCUT2D eigenvalue weighted by molar-refractivity contribution is 5.81. The number of ether oxygens (including phenoxy) is 2. The van der Waals surface area contributed by atoms with Gasteiger partial charge in [0, 0.05) is 24.5 Å². The van der Waals surface area contributed by atoms with Gasteiger partial charge in [-0.05, 0) is 37.8 Å². The second-order valence-electron chi connectivity index (χ2n) is 5.64. The number of hydrogen-bond donors (Lipinski definition) is 1. The van der Waals surface area contributed by atoms with E-state index in [2.05, 4.69) is 29.2 Å². The van der Waals surface area contributed by atoms with Crippen LogP contribution in [0.25, 0.3) is 10.4 Å². The van der Waals surface area contributed by atoms with E-state index < -0.39 is 5.54 Å². The molecule has 7 heteroatoms. The molecule has 7 nitrogen and oxygen atoms in total. The van der Waals surface area contributed by atoms with Gasteiger partial charge in [-0.2, -0.15) is 0 Å². The normalized spacial score (nSPS) is 25.4. The minimum Gasteiger partial charge on any atom is -0.465 e. The van der Waals surface area contributed by atoms with Gasteiger partial charge >= 0.3 is 5.97 Å². The molecule has 1 heterocycles. The maximum absolute atomic E-state index is 12.4.